The minimum atomic E-state index is -0.502. The van der Waals surface area contributed by atoms with Gasteiger partial charge in [-0.3, -0.25) is 4.90 Å². The van der Waals surface area contributed by atoms with Crippen molar-refractivity contribution >= 4 is 0 Å². The van der Waals surface area contributed by atoms with Gasteiger partial charge in [0.05, 0.1) is 5.60 Å². The second-order valence-corrected chi connectivity index (χ2v) is 5.44. The summed E-state index contributed by atoms with van der Waals surface area (Å²) in [6.07, 6.45) is 1.64. The number of rotatable bonds is 3. The minimum absolute atomic E-state index is 0.0863. The first-order valence-electron chi connectivity index (χ1n) is 6.48. The lowest BCUT2D eigenvalue weighted by molar-refractivity contribution is -0.107. The van der Waals surface area contributed by atoms with Gasteiger partial charge >= 0.3 is 0 Å². The number of nitrogens with zero attached hydrogens (tertiary/aromatic N) is 1. The minimum Gasteiger partial charge on any atom is -0.488 e. The van der Waals surface area contributed by atoms with Gasteiger partial charge in [0, 0.05) is 31.6 Å². The number of ether oxygens (including phenoxy) is 1. The molecule has 0 bridgehead atoms. The molecule has 1 saturated heterocycles. The molecule has 2 aliphatic rings. The predicted molar refractivity (Wildman–Crippen MR) is 66.2 cm³/mol. The molecular formula is C14H18FNO2. The molecule has 0 aliphatic carbocycles. The highest BCUT2D eigenvalue weighted by atomic mass is 19.1. The monoisotopic (exact) mass is 251 g/mol. The Hall–Kier alpha value is -1.13. The summed E-state index contributed by atoms with van der Waals surface area (Å²) in [5, 5.41) is 9.94. The highest BCUT2D eigenvalue weighted by molar-refractivity contribution is 5.38. The van der Waals surface area contributed by atoms with Crippen LogP contribution in [0.5, 0.6) is 5.75 Å². The van der Waals surface area contributed by atoms with E-state index < -0.39 is 5.60 Å². The van der Waals surface area contributed by atoms with Crippen molar-refractivity contribution in [3.05, 3.63) is 29.6 Å². The van der Waals surface area contributed by atoms with Crippen LogP contribution in [-0.2, 0) is 6.42 Å². The smallest absolute Gasteiger partial charge is 0.123 e. The number of β-amino-alcohol motifs (C(OH)–C–C–N with tert-alkyl or cyclic N) is 1. The van der Waals surface area contributed by atoms with E-state index in [1.807, 2.05) is 6.92 Å². The average molecular weight is 251 g/mol. The Morgan fingerprint density at radius 1 is 1.50 bits per heavy atom. The van der Waals surface area contributed by atoms with Crippen molar-refractivity contribution in [2.45, 2.75) is 31.5 Å². The lowest BCUT2D eigenvalue weighted by Crippen LogP contribution is -2.62. The van der Waals surface area contributed by atoms with Crippen molar-refractivity contribution in [3.63, 3.8) is 0 Å². The maximum Gasteiger partial charge on any atom is 0.123 e. The lowest BCUT2D eigenvalue weighted by Gasteiger charge is -2.46. The van der Waals surface area contributed by atoms with Crippen molar-refractivity contribution in [2.24, 2.45) is 0 Å². The summed E-state index contributed by atoms with van der Waals surface area (Å²) in [5.41, 5.74) is 0.448. The Kier molecular flexibility index (Phi) is 2.79. The van der Waals surface area contributed by atoms with E-state index in [2.05, 4.69) is 4.90 Å². The molecule has 3 rings (SSSR count). The van der Waals surface area contributed by atoms with Crippen molar-refractivity contribution < 1.29 is 14.2 Å². The molecule has 1 unspecified atom stereocenters. The zero-order chi connectivity index (χ0) is 12.8. The van der Waals surface area contributed by atoms with Gasteiger partial charge in [-0.05, 0) is 24.6 Å². The number of benzene rings is 1. The van der Waals surface area contributed by atoms with Gasteiger partial charge in [-0.25, -0.2) is 4.39 Å². The lowest BCUT2D eigenvalue weighted by atomic mass is 9.91. The third kappa shape index (κ3) is 2.10. The van der Waals surface area contributed by atoms with Gasteiger partial charge in [0.1, 0.15) is 17.7 Å². The van der Waals surface area contributed by atoms with E-state index in [0.717, 1.165) is 30.7 Å². The molecule has 1 N–H and O–H groups in total. The van der Waals surface area contributed by atoms with Gasteiger partial charge in [0.2, 0.25) is 0 Å². The van der Waals surface area contributed by atoms with Crippen LogP contribution in [0.1, 0.15) is 18.9 Å². The fourth-order valence-corrected chi connectivity index (χ4v) is 2.82. The van der Waals surface area contributed by atoms with Crippen LogP contribution in [0.3, 0.4) is 0 Å². The van der Waals surface area contributed by atoms with Gasteiger partial charge in [-0.1, -0.05) is 6.92 Å². The van der Waals surface area contributed by atoms with Crippen LogP contribution in [0, 0.1) is 5.82 Å². The third-order valence-electron chi connectivity index (χ3n) is 3.92. The van der Waals surface area contributed by atoms with Crippen LogP contribution >= 0.6 is 0 Å². The summed E-state index contributed by atoms with van der Waals surface area (Å²) in [7, 11) is 0. The first-order valence-corrected chi connectivity index (χ1v) is 6.48. The molecule has 18 heavy (non-hydrogen) atoms. The first-order chi connectivity index (χ1) is 8.58. The highest BCUT2D eigenvalue weighted by Gasteiger charge is 2.41. The van der Waals surface area contributed by atoms with Crippen molar-refractivity contribution in [1.29, 1.82) is 0 Å². The van der Waals surface area contributed by atoms with Crippen LogP contribution in [-0.4, -0.2) is 41.3 Å². The van der Waals surface area contributed by atoms with E-state index >= 15 is 0 Å². The third-order valence-corrected chi connectivity index (χ3v) is 3.92. The van der Waals surface area contributed by atoms with Crippen molar-refractivity contribution in [1.82, 2.24) is 4.90 Å². The summed E-state index contributed by atoms with van der Waals surface area (Å²) in [6.45, 7) is 4.24. The SMILES string of the molecule is CCC1(O)CN(CC2Cc3cc(F)ccc3O2)C1. The Morgan fingerprint density at radius 3 is 3.00 bits per heavy atom. The van der Waals surface area contributed by atoms with Crippen LogP contribution in [0.15, 0.2) is 18.2 Å². The van der Waals surface area contributed by atoms with E-state index in [-0.39, 0.29) is 11.9 Å². The van der Waals surface area contributed by atoms with Gasteiger partial charge < -0.3 is 9.84 Å². The number of fused-ring (bicyclic) bond motifs is 1. The molecule has 1 aromatic carbocycles. The second kappa shape index (κ2) is 4.21. The maximum absolute atomic E-state index is 13.1. The molecule has 0 radical (unpaired) electrons. The number of hydrogen-bond donors (Lipinski definition) is 1. The zero-order valence-corrected chi connectivity index (χ0v) is 10.5. The molecular weight excluding hydrogens is 233 g/mol. The molecule has 1 atom stereocenters. The van der Waals surface area contributed by atoms with Gasteiger partial charge in [-0.15, -0.1) is 0 Å². The molecule has 0 aromatic heterocycles. The summed E-state index contributed by atoms with van der Waals surface area (Å²) < 4.78 is 18.9. The van der Waals surface area contributed by atoms with E-state index in [1.54, 1.807) is 12.1 Å². The summed E-state index contributed by atoms with van der Waals surface area (Å²) in [4.78, 5) is 2.19. The normalized spacial score (nSPS) is 25.4. The fourth-order valence-electron chi connectivity index (χ4n) is 2.82. The summed E-state index contributed by atoms with van der Waals surface area (Å²) in [5.74, 6) is 0.593. The molecule has 1 aromatic rings. The Labute approximate surface area is 106 Å². The Morgan fingerprint density at radius 2 is 2.28 bits per heavy atom. The van der Waals surface area contributed by atoms with Gasteiger partial charge in [0.15, 0.2) is 0 Å². The Balaban J connectivity index is 1.56. The van der Waals surface area contributed by atoms with Crippen LogP contribution in [0.4, 0.5) is 4.39 Å². The van der Waals surface area contributed by atoms with Gasteiger partial charge in [-0.2, -0.15) is 0 Å². The van der Waals surface area contributed by atoms with E-state index in [9.17, 15) is 9.50 Å². The molecule has 98 valence electrons. The fraction of sp³-hybridized carbons (Fsp3) is 0.571. The Bertz CT molecular complexity index is 457. The molecule has 1 fully saturated rings. The maximum atomic E-state index is 13.1. The van der Waals surface area contributed by atoms with E-state index in [4.69, 9.17) is 4.74 Å². The largest absolute Gasteiger partial charge is 0.488 e. The van der Waals surface area contributed by atoms with Crippen LogP contribution in [0.2, 0.25) is 0 Å². The molecule has 0 amide bonds. The van der Waals surface area contributed by atoms with Crippen molar-refractivity contribution in [3.8, 4) is 5.75 Å². The number of aliphatic hydroxyl groups is 1. The predicted octanol–water partition coefficient (Wildman–Crippen LogP) is 1.59. The molecule has 2 aliphatic heterocycles. The quantitative estimate of drug-likeness (QED) is 0.885. The topological polar surface area (TPSA) is 32.7 Å². The van der Waals surface area contributed by atoms with E-state index in [1.165, 1.54) is 6.07 Å². The molecule has 0 spiro atoms. The second-order valence-electron chi connectivity index (χ2n) is 5.44. The zero-order valence-electron chi connectivity index (χ0n) is 10.5. The molecule has 4 heteroatoms. The molecule has 3 nitrogen and oxygen atoms in total. The van der Waals surface area contributed by atoms with E-state index in [0.29, 0.717) is 13.1 Å². The van der Waals surface area contributed by atoms with Crippen LogP contribution in [0.25, 0.3) is 0 Å². The van der Waals surface area contributed by atoms with Crippen molar-refractivity contribution in [2.75, 3.05) is 19.6 Å². The standard InChI is InChI=1S/C14H18FNO2/c1-2-14(17)8-16(9-14)7-12-6-10-5-11(15)3-4-13(10)18-12/h3-5,12,17H,2,6-9H2,1H3. The summed E-state index contributed by atoms with van der Waals surface area (Å²) in [6, 6.07) is 4.68. The van der Waals surface area contributed by atoms with Crippen LogP contribution < -0.4 is 4.74 Å². The first kappa shape index (κ1) is 11.9. The number of hydrogen-bond acceptors (Lipinski definition) is 3. The average Bonchev–Trinajstić information content (AvgIpc) is 2.68. The summed E-state index contributed by atoms with van der Waals surface area (Å²) >= 11 is 0. The number of likely N-dealkylation sites (tertiary alicyclic amines) is 1. The molecule has 0 saturated carbocycles. The highest BCUT2D eigenvalue weighted by Crippen LogP contribution is 2.31. The van der Waals surface area contributed by atoms with Gasteiger partial charge in [0.25, 0.3) is 0 Å². The molecule has 2 heterocycles. The number of halogens is 1.